The lowest BCUT2D eigenvalue weighted by Gasteiger charge is -2.21. The first-order chi connectivity index (χ1) is 12.2. The molecule has 1 aromatic rings. The van der Waals surface area contributed by atoms with E-state index in [0.29, 0.717) is 36.6 Å². The monoisotopic (exact) mass is 363 g/mol. The number of likely N-dealkylation sites (tertiary alicyclic amines) is 1. The van der Waals surface area contributed by atoms with E-state index in [1.54, 1.807) is 39.2 Å². The van der Waals surface area contributed by atoms with Crippen LogP contribution in [0.3, 0.4) is 0 Å². The van der Waals surface area contributed by atoms with Crippen molar-refractivity contribution < 1.29 is 24.2 Å². The maximum atomic E-state index is 12.6. The highest BCUT2D eigenvalue weighted by atomic mass is 16.5. The molecule has 0 saturated carbocycles. The Labute approximate surface area is 152 Å². The van der Waals surface area contributed by atoms with Crippen LogP contribution in [0.2, 0.25) is 0 Å². The number of rotatable bonds is 5. The fraction of sp³-hybridized carbons (Fsp3) is 0.500. The first kappa shape index (κ1) is 19.6. The van der Waals surface area contributed by atoms with Crippen molar-refractivity contribution in [3.05, 3.63) is 23.8 Å². The van der Waals surface area contributed by atoms with Crippen molar-refractivity contribution in [1.82, 2.24) is 9.80 Å². The number of urea groups is 1. The molecule has 2 rings (SSSR count). The van der Waals surface area contributed by atoms with Gasteiger partial charge in [-0.15, -0.1) is 0 Å². The van der Waals surface area contributed by atoms with Crippen LogP contribution in [-0.2, 0) is 4.79 Å². The van der Waals surface area contributed by atoms with E-state index < -0.39 is 17.4 Å². The Morgan fingerprint density at radius 1 is 1.35 bits per heavy atom. The van der Waals surface area contributed by atoms with E-state index >= 15 is 0 Å². The number of nitrogens with one attached hydrogen (secondary N) is 1. The number of carbonyl (C=O) groups excluding carboxylic acids is 2. The number of carbonyl (C=O) groups is 3. The lowest BCUT2D eigenvalue weighted by molar-refractivity contribution is -0.146. The molecule has 8 nitrogen and oxygen atoms in total. The third kappa shape index (κ3) is 4.07. The Balaban J connectivity index is 2.21. The molecule has 3 amide bonds. The third-order valence-electron chi connectivity index (χ3n) is 4.45. The summed E-state index contributed by atoms with van der Waals surface area (Å²) in [7, 11) is 3.29. The number of carboxylic acids is 1. The summed E-state index contributed by atoms with van der Waals surface area (Å²) < 4.78 is 5.52. The van der Waals surface area contributed by atoms with Gasteiger partial charge in [-0.1, -0.05) is 0 Å². The molecule has 8 heteroatoms. The lowest BCUT2D eigenvalue weighted by Crippen LogP contribution is -2.37. The van der Waals surface area contributed by atoms with Crippen molar-refractivity contribution in [1.29, 1.82) is 0 Å². The highest BCUT2D eigenvalue weighted by molar-refractivity contribution is 5.98. The molecule has 2 N–H and O–H groups in total. The fourth-order valence-corrected chi connectivity index (χ4v) is 2.80. The van der Waals surface area contributed by atoms with Crippen LogP contribution in [0.4, 0.5) is 10.5 Å². The molecule has 1 aliphatic heterocycles. The van der Waals surface area contributed by atoms with Gasteiger partial charge in [0.15, 0.2) is 0 Å². The summed E-state index contributed by atoms with van der Waals surface area (Å²) in [6.07, 6.45) is 0.396. The molecular formula is C18H25N3O5. The summed E-state index contributed by atoms with van der Waals surface area (Å²) in [5.74, 6) is -0.652. The number of amides is 3. The zero-order valence-electron chi connectivity index (χ0n) is 15.5. The molecule has 1 unspecified atom stereocenters. The maximum Gasteiger partial charge on any atom is 0.321 e. The minimum absolute atomic E-state index is 0.133. The number of ether oxygens (including phenoxy) is 1. The topological polar surface area (TPSA) is 99.2 Å². The summed E-state index contributed by atoms with van der Waals surface area (Å²) in [6.45, 7) is 4.35. The molecule has 0 aromatic heterocycles. The Bertz CT molecular complexity index is 719. The van der Waals surface area contributed by atoms with Crippen molar-refractivity contribution in [2.45, 2.75) is 20.3 Å². The second-order valence-corrected chi connectivity index (χ2v) is 6.81. The first-order valence-corrected chi connectivity index (χ1v) is 8.46. The van der Waals surface area contributed by atoms with Gasteiger partial charge in [0.05, 0.1) is 17.7 Å². The number of hydrogen-bond acceptors (Lipinski definition) is 4. The smallest absolute Gasteiger partial charge is 0.321 e. The Kier molecular flexibility index (Phi) is 5.74. The van der Waals surface area contributed by atoms with E-state index in [1.165, 1.54) is 9.80 Å². The average molecular weight is 363 g/mol. The molecule has 0 radical (unpaired) electrons. The second-order valence-electron chi connectivity index (χ2n) is 6.81. The van der Waals surface area contributed by atoms with E-state index in [1.807, 2.05) is 6.92 Å². The summed E-state index contributed by atoms with van der Waals surface area (Å²) in [5, 5.41) is 12.1. The minimum Gasteiger partial charge on any atom is -0.492 e. The zero-order valence-corrected chi connectivity index (χ0v) is 15.5. The summed E-state index contributed by atoms with van der Waals surface area (Å²) in [6, 6.07) is 4.43. The molecule has 1 saturated heterocycles. The van der Waals surface area contributed by atoms with Crippen LogP contribution in [0.15, 0.2) is 18.2 Å². The number of hydrogen-bond donors (Lipinski definition) is 2. The van der Waals surface area contributed by atoms with Gasteiger partial charge in [0, 0.05) is 32.7 Å². The maximum absolute atomic E-state index is 12.6. The molecule has 142 valence electrons. The van der Waals surface area contributed by atoms with Crippen LogP contribution in [0.5, 0.6) is 5.75 Å². The Morgan fingerprint density at radius 3 is 2.58 bits per heavy atom. The van der Waals surface area contributed by atoms with Crippen LogP contribution in [0, 0.1) is 5.41 Å². The van der Waals surface area contributed by atoms with Crippen LogP contribution in [0.1, 0.15) is 30.6 Å². The van der Waals surface area contributed by atoms with Crippen molar-refractivity contribution >= 4 is 23.6 Å². The molecular weight excluding hydrogens is 338 g/mol. The van der Waals surface area contributed by atoms with Crippen molar-refractivity contribution in [3.63, 3.8) is 0 Å². The number of nitrogens with zero attached hydrogens (tertiary/aromatic N) is 2. The standard InChI is InChI=1S/C18H25N3O5/c1-5-26-14-7-6-12(15(22)20(3)4)10-13(14)19-17(25)21-9-8-18(2,11-21)16(23)24/h6-7,10H,5,8-9,11H2,1-4H3,(H,19,25)(H,23,24). The Hall–Kier alpha value is -2.77. The van der Waals surface area contributed by atoms with Crippen LogP contribution >= 0.6 is 0 Å². The average Bonchev–Trinajstić information content (AvgIpc) is 3.00. The number of benzene rings is 1. The summed E-state index contributed by atoms with van der Waals surface area (Å²) in [5.41, 5.74) is -0.137. The molecule has 1 aliphatic rings. The first-order valence-electron chi connectivity index (χ1n) is 8.46. The van der Waals surface area contributed by atoms with Gasteiger partial charge in [-0.25, -0.2) is 4.79 Å². The van der Waals surface area contributed by atoms with E-state index in [4.69, 9.17) is 4.74 Å². The molecule has 26 heavy (non-hydrogen) atoms. The van der Waals surface area contributed by atoms with Crippen molar-refractivity contribution in [3.8, 4) is 5.75 Å². The number of anilines is 1. The van der Waals surface area contributed by atoms with Crippen molar-refractivity contribution in [2.75, 3.05) is 39.1 Å². The molecule has 0 aliphatic carbocycles. The van der Waals surface area contributed by atoms with Gasteiger partial charge in [-0.2, -0.15) is 0 Å². The highest BCUT2D eigenvalue weighted by Crippen LogP contribution is 2.32. The summed E-state index contributed by atoms with van der Waals surface area (Å²) in [4.78, 5) is 39.0. The quantitative estimate of drug-likeness (QED) is 0.835. The van der Waals surface area contributed by atoms with Crippen molar-refractivity contribution in [2.24, 2.45) is 5.41 Å². The zero-order chi connectivity index (χ0) is 19.5. The Morgan fingerprint density at radius 2 is 2.04 bits per heavy atom. The van der Waals surface area contributed by atoms with Gasteiger partial charge in [0.25, 0.3) is 5.91 Å². The number of aliphatic carboxylic acids is 1. The van der Waals surface area contributed by atoms with Gasteiger partial charge < -0.3 is 25.0 Å². The van der Waals surface area contributed by atoms with E-state index in [2.05, 4.69) is 5.32 Å². The van der Waals surface area contributed by atoms with Gasteiger partial charge in [0.1, 0.15) is 5.75 Å². The highest BCUT2D eigenvalue weighted by Gasteiger charge is 2.42. The van der Waals surface area contributed by atoms with E-state index in [0.717, 1.165) is 0 Å². The SMILES string of the molecule is CCOc1ccc(C(=O)N(C)C)cc1NC(=O)N1CCC(C)(C(=O)O)C1. The third-order valence-corrected chi connectivity index (χ3v) is 4.45. The molecule has 1 aromatic carbocycles. The van der Waals surface area contributed by atoms with Gasteiger partial charge >= 0.3 is 12.0 Å². The number of carboxylic acid groups (broad SMARTS) is 1. The normalized spacial score (nSPS) is 19.2. The van der Waals surface area contributed by atoms with Crippen LogP contribution in [0.25, 0.3) is 0 Å². The molecule has 0 bridgehead atoms. The van der Waals surface area contributed by atoms with E-state index in [-0.39, 0.29) is 12.5 Å². The lowest BCUT2D eigenvalue weighted by atomic mass is 9.90. The predicted molar refractivity (Wildman–Crippen MR) is 96.6 cm³/mol. The molecule has 0 spiro atoms. The van der Waals surface area contributed by atoms with Gasteiger partial charge in [0.2, 0.25) is 0 Å². The fourth-order valence-electron chi connectivity index (χ4n) is 2.80. The predicted octanol–water partition coefficient (Wildman–Crippen LogP) is 2.12. The summed E-state index contributed by atoms with van der Waals surface area (Å²) >= 11 is 0. The van der Waals surface area contributed by atoms with Gasteiger partial charge in [-0.05, 0) is 38.5 Å². The molecule has 1 fully saturated rings. The van der Waals surface area contributed by atoms with Crippen LogP contribution in [-0.4, -0.2) is 66.6 Å². The molecule has 1 atom stereocenters. The second kappa shape index (κ2) is 7.63. The molecule has 1 heterocycles. The van der Waals surface area contributed by atoms with E-state index in [9.17, 15) is 19.5 Å². The van der Waals surface area contributed by atoms with Gasteiger partial charge in [-0.3, -0.25) is 9.59 Å². The van der Waals surface area contributed by atoms with Crippen LogP contribution < -0.4 is 10.1 Å². The largest absolute Gasteiger partial charge is 0.492 e. The minimum atomic E-state index is -0.942.